The van der Waals surface area contributed by atoms with Crippen molar-refractivity contribution < 1.29 is 24.3 Å². The molecule has 8 heteroatoms. The van der Waals surface area contributed by atoms with Crippen LogP contribution in [-0.4, -0.2) is 64.9 Å². The molecule has 1 saturated heterocycles. The molecule has 8 nitrogen and oxygen atoms in total. The van der Waals surface area contributed by atoms with Crippen LogP contribution in [0.5, 0.6) is 0 Å². The second-order valence-corrected chi connectivity index (χ2v) is 4.60. The molecule has 1 aliphatic heterocycles. The van der Waals surface area contributed by atoms with Crippen molar-refractivity contribution in [3.63, 3.8) is 0 Å². The lowest BCUT2D eigenvalue weighted by Gasteiger charge is -2.19. The van der Waals surface area contributed by atoms with Gasteiger partial charge in [0.05, 0.1) is 5.92 Å². The third kappa shape index (κ3) is 3.43. The second kappa shape index (κ2) is 5.68. The Bertz CT molecular complexity index is 423. The first-order valence-electron chi connectivity index (χ1n) is 5.81. The molecule has 2 unspecified atom stereocenters. The maximum Gasteiger partial charge on any atom is 0.327 e. The summed E-state index contributed by atoms with van der Waals surface area (Å²) in [7, 11) is 1.47. The number of rotatable bonds is 5. The van der Waals surface area contributed by atoms with Gasteiger partial charge in [-0.1, -0.05) is 0 Å². The summed E-state index contributed by atoms with van der Waals surface area (Å²) in [6.07, 6.45) is 0. The van der Waals surface area contributed by atoms with Crippen LogP contribution in [0.2, 0.25) is 0 Å². The number of nitrogens with one attached hydrogen (secondary N) is 1. The number of hydrogen-bond acceptors (Lipinski definition) is 4. The van der Waals surface area contributed by atoms with Crippen molar-refractivity contribution in [3.05, 3.63) is 0 Å². The molecule has 0 radical (unpaired) electrons. The molecule has 1 heterocycles. The largest absolute Gasteiger partial charge is 0.481 e. The number of carbonyl (C=O) groups is 4. The fourth-order valence-corrected chi connectivity index (χ4v) is 1.61. The number of carbonyl (C=O) groups excluding carboxylic acids is 3. The normalized spacial score (nSPS) is 18.5. The second-order valence-electron chi connectivity index (χ2n) is 4.60. The Morgan fingerprint density at radius 3 is 2.37 bits per heavy atom. The van der Waals surface area contributed by atoms with Gasteiger partial charge in [0.15, 0.2) is 0 Å². The van der Waals surface area contributed by atoms with Crippen molar-refractivity contribution in [3.8, 4) is 0 Å². The Balaban J connectivity index is 2.54. The summed E-state index contributed by atoms with van der Waals surface area (Å²) in [5.74, 6) is -2.78. The minimum atomic E-state index is -1.03. The number of carboxylic acid groups (broad SMARTS) is 1. The van der Waals surface area contributed by atoms with E-state index in [2.05, 4.69) is 5.32 Å². The number of hydrogen-bond donors (Lipinski definition) is 2. The third-order valence-corrected chi connectivity index (χ3v) is 3.06. The monoisotopic (exact) mass is 271 g/mol. The van der Waals surface area contributed by atoms with Crippen LogP contribution in [0.3, 0.4) is 0 Å². The Kier molecular flexibility index (Phi) is 4.47. The summed E-state index contributed by atoms with van der Waals surface area (Å²) in [6, 6.07) is -1.12. The van der Waals surface area contributed by atoms with Gasteiger partial charge >= 0.3 is 12.0 Å². The highest BCUT2D eigenvalue weighted by atomic mass is 16.4. The number of imide groups is 1. The van der Waals surface area contributed by atoms with Crippen LogP contribution in [0.4, 0.5) is 4.79 Å². The van der Waals surface area contributed by atoms with Crippen molar-refractivity contribution in [1.29, 1.82) is 0 Å². The highest BCUT2D eigenvalue weighted by molar-refractivity contribution is 6.04. The predicted octanol–water partition coefficient (Wildman–Crippen LogP) is -0.894. The van der Waals surface area contributed by atoms with Crippen LogP contribution in [-0.2, 0) is 14.4 Å². The molecule has 0 spiro atoms. The van der Waals surface area contributed by atoms with E-state index in [9.17, 15) is 19.2 Å². The molecule has 4 amide bonds. The van der Waals surface area contributed by atoms with E-state index in [1.54, 1.807) is 6.92 Å². The summed E-state index contributed by atoms with van der Waals surface area (Å²) in [6.45, 7) is 2.58. The molecule has 0 aromatic rings. The predicted molar refractivity (Wildman–Crippen MR) is 64.1 cm³/mol. The zero-order valence-electron chi connectivity index (χ0n) is 11.0. The van der Waals surface area contributed by atoms with Gasteiger partial charge in [0.1, 0.15) is 13.1 Å². The van der Waals surface area contributed by atoms with E-state index in [1.807, 2.05) is 0 Å². The van der Waals surface area contributed by atoms with E-state index in [4.69, 9.17) is 5.11 Å². The quantitative estimate of drug-likeness (QED) is 0.630. The molecule has 0 aromatic carbocycles. The molecular formula is C11H17N3O5. The lowest BCUT2D eigenvalue weighted by atomic mass is 10.0. The van der Waals surface area contributed by atoms with E-state index in [0.717, 1.165) is 4.90 Å². The lowest BCUT2D eigenvalue weighted by molar-refractivity contribution is -0.142. The minimum Gasteiger partial charge on any atom is -0.481 e. The van der Waals surface area contributed by atoms with Gasteiger partial charge in [0, 0.05) is 13.1 Å². The van der Waals surface area contributed by atoms with Gasteiger partial charge < -0.3 is 15.3 Å². The number of amides is 4. The molecule has 106 valence electrons. The van der Waals surface area contributed by atoms with E-state index in [0.29, 0.717) is 0 Å². The standard InChI is InChI=1S/C11H17N3O5/c1-6(10(17)18)7(2)12-8(15)4-14-9(16)5-13(3)11(14)19/h6-7H,4-5H2,1-3H3,(H,12,15)(H,17,18). The molecule has 1 rings (SSSR count). The zero-order chi connectivity index (χ0) is 14.7. The minimum absolute atomic E-state index is 0.0484. The lowest BCUT2D eigenvalue weighted by Crippen LogP contribution is -2.46. The van der Waals surface area contributed by atoms with E-state index in [-0.39, 0.29) is 6.54 Å². The average Bonchev–Trinajstić information content (AvgIpc) is 2.54. The van der Waals surface area contributed by atoms with Crippen LogP contribution >= 0.6 is 0 Å². The summed E-state index contributed by atoms with van der Waals surface area (Å²) in [5, 5.41) is 11.3. The van der Waals surface area contributed by atoms with Gasteiger partial charge in [-0.2, -0.15) is 0 Å². The van der Waals surface area contributed by atoms with Crippen LogP contribution in [0, 0.1) is 5.92 Å². The number of aliphatic carboxylic acids is 1. The van der Waals surface area contributed by atoms with E-state index < -0.39 is 42.3 Å². The van der Waals surface area contributed by atoms with E-state index in [1.165, 1.54) is 18.9 Å². The van der Waals surface area contributed by atoms with Crippen molar-refractivity contribution in [2.75, 3.05) is 20.1 Å². The molecule has 19 heavy (non-hydrogen) atoms. The highest BCUT2D eigenvalue weighted by Crippen LogP contribution is 2.08. The first-order chi connectivity index (χ1) is 8.73. The van der Waals surface area contributed by atoms with Crippen molar-refractivity contribution >= 4 is 23.8 Å². The Hall–Kier alpha value is -2.12. The highest BCUT2D eigenvalue weighted by Gasteiger charge is 2.35. The molecule has 1 aliphatic rings. The Morgan fingerprint density at radius 1 is 1.37 bits per heavy atom. The fourth-order valence-electron chi connectivity index (χ4n) is 1.61. The van der Waals surface area contributed by atoms with Gasteiger partial charge in [-0.3, -0.25) is 19.3 Å². The van der Waals surface area contributed by atoms with E-state index >= 15 is 0 Å². The number of carboxylic acids is 1. The summed E-state index contributed by atoms with van der Waals surface area (Å²) in [5.41, 5.74) is 0. The van der Waals surface area contributed by atoms with Crippen LogP contribution in [0.25, 0.3) is 0 Å². The summed E-state index contributed by atoms with van der Waals surface area (Å²) in [4.78, 5) is 47.4. The van der Waals surface area contributed by atoms with Crippen molar-refractivity contribution in [1.82, 2.24) is 15.1 Å². The molecule has 2 N–H and O–H groups in total. The van der Waals surface area contributed by atoms with Crippen LogP contribution in [0.15, 0.2) is 0 Å². The maximum absolute atomic E-state index is 11.7. The molecule has 2 atom stereocenters. The fraction of sp³-hybridized carbons (Fsp3) is 0.636. The molecule has 0 aliphatic carbocycles. The van der Waals surface area contributed by atoms with Gasteiger partial charge in [-0.15, -0.1) is 0 Å². The number of urea groups is 1. The zero-order valence-corrected chi connectivity index (χ0v) is 11.0. The van der Waals surface area contributed by atoms with Crippen molar-refractivity contribution in [2.45, 2.75) is 19.9 Å². The Morgan fingerprint density at radius 2 is 1.95 bits per heavy atom. The molecule has 0 aromatic heterocycles. The SMILES string of the molecule is CC(NC(=O)CN1C(=O)CN(C)C1=O)C(C)C(=O)O. The first kappa shape index (κ1) is 14.9. The smallest absolute Gasteiger partial charge is 0.327 e. The first-order valence-corrected chi connectivity index (χ1v) is 5.81. The van der Waals surface area contributed by atoms with Crippen LogP contribution in [0.1, 0.15) is 13.8 Å². The molecule has 0 saturated carbocycles. The van der Waals surface area contributed by atoms with Gasteiger partial charge in [-0.05, 0) is 13.8 Å². The molecule has 1 fully saturated rings. The number of likely N-dealkylation sites (N-methyl/N-ethyl adjacent to an activating group) is 1. The third-order valence-electron chi connectivity index (χ3n) is 3.06. The summed E-state index contributed by atoms with van der Waals surface area (Å²) >= 11 is 0. The van der Waals surface area contributed by atoms with Gasteiger partial charge in [0.2, 0.25) is 5.91 Å². The number of nitrogens with zero attached hydrogens (tertiary/aromatic N) is 2. The maximum atomic E-state index is 11.7. The Labute approximate surface area is 110 Å². The average molecular weight is 271 g/mol. The van der Waals surface area contributed by atoms with Gasteiger partial charge in [0.25, 0.3) is 5.91 Å². The van der Waals surface area contributed by atoms with Gasteiger partial charge in [-0.25, -0.2) is 4.79 Å². The van der Waals surface area contributed by atoms with Crippen molar-refractivity contribution in [2.24, 2.45) is 5.92 Å². The molecular weight excluding hydrogens is 254 g/mol. The topological polar surface area (TPSA) is 107 Å². The molecule has 0 bridgehead atoms. The summed E-state index contributed by atoms with van der Waals surface area (Å²) < 4.78 is 0. The van der Waals surface area contributed by atoms with Crippen LogP contribution < -0.4 is 5.32 Å².